The molecule has 0 saturated heterocycles. The van der Waals surface area contributed by atoms with Crippen LogP contribution in [-0.2, 0) is 10.0 Å². The van der Waals surface area contributed by atoms with Gasteiger partial charge >= 0.3 is 0 Å². The molecule has 0 spiro atoms. The molecule has 0 radical (unpaired) electrons. The van der Waals surface area contributed by atoms with Gasteiger partial charge in [-0.15, -0.1) is 0 Å². The Morgan fingerprint density at radius 1 is 1.19 bits per heavy atom. The molecule has 6 heteroatoms. The molecule has 3 N–H and O–H groups in total. The van der Waals surface area contributed by atoms with E-state index in [0.717, 1.165) is 5.56 Å². The van der Waals surface area contributed by atoms with Crippen LogP contribution in [0.15, 0.2) is 53.4 Å². The first-order chi connectivity index (χ1) is 9.91. The summed E-state index contributed by atoms with van der Waals surface area (Å²) in [4.78, 5) is 0.0715. The number of primary sulfonamides is 1. The quantitative estimate of drug-likeness (QED) is 0.906. The van der Waals surface area contributed by atoms with Crippen LogP contribution < -0.4 is 10.5 Å². The molecule has 2 aromatic carbocycles. The number of sulfonamides is 1. The normalized spacial score (nSPS) is 12.4. The summed E-state index contributed by atoms with van der Waals surface area (Å²) in [5.41, 5.74) is 2.01. The van der Waals surface area contributed by atoms with Crippen molar-refractivity contribution in [3.8, 4) is 6.07 Å². The lowest BCUT2D eigenvalue weighted by Gasteiger charge is -2.17. The highest BCUT2D eigenvalue weighted by Gasteiger charge is 2.12. The van der Waals surface area contributed by atoms with E-state index < -0.39 is 10.0 Å². The van der Waals surface area contributed by atoms with E-state index in [1.807, 2.05) is 13.0 Å². The van der Waals surface area contributed by atoms with E-state index in [-0.39, 0.29) is 10.9 Å². The van der Waals surface area contributed by atoms with Crippen LogP contribution in [0.2, 0.25) is 0 Å². The summed E-state index contributed by atoms with van der Waals surface area (Å²) in [5, 5.41) is 17.4. The number of hydrogen-bond acceptors (Lipinski definition) is 4. The summed E-state index contributed by atoms with van der Waals surface area (Å²) in [6, 6.07) is 15.5. The van der Waals surface area contributed by atoms with Gasteiger partial charge in [-0.25, -0.2) is 13.6 Å². The van der Waals surface area contributed by atoms with Crippen molar-refractivity contribution >= 4 is 15.7 Å². The summed E-state index contributed by atoms with van der Waals surface area (Å²) in [6.45, 7) is 1.89. The molecule has 5 nitrogen and oxygen atoms in total. The third-order valence-electron chi connectivity index (χ3n) is 3.11. The third-order valence-corrected chi connectivity index (χ3v) is 4.02. The van der Waals surface area contributed by atoms with Gasteiger partial charge in [0, 0.05) is 6.04 Å². The van der Waals surface area contributed by atoms with Crippen molar-refractivity contribution in [2.24, 2.45) is 5.14 Å². The highest BCUT2D eigenvalue weighted by molar-refractivity contribution is 7.89. The van der Waals surface area contributed by atoms with Crippen molar-refractivity contribution in [3.05, 3.63) is 59.7 Å². The van der Waals surface area contributed by atoms with Gasteiger partial charge in [0.25, 0.3) is 0 Å². The molecule has 0 fully saturated rings. The van der Waals surface area contributed by atoms with Gasteiger partial charge in [0.15, 0.2) is 0 Å². The number of rotatable bonds is 4. The fourth-order valence-corrected chi connectivity index (χ4v) is 2.55. The highest BCUT2D eigenvalue weighted by Crippen LogP contribution is 2.23. The van der Waals surface area contributed by atoms with Gasteiger partial charge < -0.3 is 5.32 Å². The molecule has 2 aromatic rings. The second-order valence-corrected chi connectivity index (χ2v) is 6.20. The number of anilines is 1. The molecule has 0 aromatic heterocycles. The van der Waals surface area contributed by atoms with Crippen molar-refractivity contribution < 1.29 is 8.42 Å². The minimum absolute atomic E-state index is 0.0715. The van der Waals surface area contributed by atoms with Crippen molar-refractivity contribution in [1.29, 1.82) is 5.26 Å². The van der Waals surface area contributed by atoms with Gasteiger partial charge in [-0.2, -0.15) is 5.26 Å². The molecule has 2 rings (SSSR count). The summed E-state index contributed by atoms with van der Waals surface area (Å²) < 4.78 is 22.8. The fourth-order valence-electron chi connectivity index (χ4n) is 1.98. The molecule has 0 amide bonds. The zero-order valence-corrected chi connectivity index (χ0v) is 12.3. The Hall–Kier alpha value is -2.36. The second-order valence-electron chi connectivity index (χ2n) is 4.64. The number of nitrogens with two attached hydrogens (primary N) is 1. The molecule has 0 saturated carbocycles. The van der Waals surface area contributed by atoms with Gasteiger partial charge in [0.05, 0.1) is 16.1 Å². The zero-order chi connectivity index (χ0) is 15.5. The van der Waals surface area contributed by atoms with E-state index in [1.165, 1.54) is 12.1 Å². The maximum atomic E-state index is 11.4. The Bertz CT molecular complexity index is 795. The monoisotopic (exact) mass is 301 g/mol. The molecule has 1 atom stereocenters. The number of nitriles is 1. The van der Waals surface area contributed by atoms with E-state index >= 15 is 0 Å². The number of para-hydroxylation sites is 1. The van der Waals surface area contributed by atoms with Crippen LogP contribution in [0.4, 0.5) is 5.69 Å². The molecule has 108 valence electrons. The van der Waals surface area contributed by atoms with Gasteiger partial charge in [0.1, 0.15) is 6.07 Å². The molecule has 21 heavy (non-hydrogen) atoms. The number of hydrogen-bond donors (Lipinski definition) is 2. The van der Waals surface area contributed by atoms with E-state index in [1.54, 1.807) is 30.3 Å². The molecule has 0 aliphatic rings. The molecule has 0 bridgehead atoms. The highest BCUT2D eigenvalue weighted by atomic mass is 32.2. The van der Waals surface area contributed by atoms with E-state index in [0.29, 0.717) is 11.3 Å². The minimum atomic E-state index is -3.72. The van der Waals surface area contributed by atoms with Crippen LogP contribution in [-0.4, -0.2) is 8.42 Å². The van der Waals surface area contributed by atoms with Crippen molar-refractivity contribution in [2.75, 3.05) is 5.32 Å². The van der Waals surface area contributed by atoms with Crippen molar-refractivity contribution in [1.82, 2.24) is 0 Å². The van der Waals surface area contributed by atoms with E-state index in [2.05, 4.69) is 11.4 Å². The Labute approximate surface area is 124 Å². The summed E-state index contributed by atoms with van der Waals surface area (Å²) in [5.74, 6) is 0. The average molecular weight is 301 g/mol. The van der Waals surface area contributed by atoms with Gasteiger partial charge in [-0.3, -0.25) is 0 Å². The molecule has 0 aliphatic carbocycles. The standard InChI is InChI=1S/C15H15N3O2S/c1-11(18-15-8-3-2-5-13(15)10-16)12-6-4-7-14(9-12)21(17,19)20/h2-9,11,18H,1H3,(H2,17,19,20). The molecule has 0 heterocycles. The predicted molar refractivity (Wildman–Crippen MR) is 81.0 cm³/mol. The van der Waals surface area contributed by atoms with Crippen LogP contribution >= 0.6 is 0 Å². The van der Waals surface area contributed by atoms with Gasteiger partial charge in [-0.05, 0) is 36.8 Å². The Kier molecular flexibility index (Phi) is 4.26. The summed E-state index contributed by atoms with van der Waals surface area (Å²) in [7, 11) is -3.72. The maximum Gasteiger partial charge on any atom is 0.238 e. The lowest BCUT2D eigenvalue weighted by Crippen LogP contribution is -2.14. The van der Waals surface area contributed by atoms with Crippen molar-refractivity contribution in [2.45, 2.75) is 17.9 Å². The van der Waals surface area contributed by atoms with Crippen molar-refractivity contribution in [3.63, 3.8) is 0 Å². The lowest BCUT2D eigenvalue weighted by atomic mass is 10.1. The van der Waals surface area contributed by atoms with Gasteiger partial charge in [-0.1, -0.05) is 24.3 Å². The first-order valence-electron chi connectivity index (χ1n) is 6.30. The van der Waals surface area contributed by atoms with E-state index in [9.17, 15) is 8.42 Å². The largest absolute Gasteiger partial charge is 0.377 e. The van der Waals surface area contributed by atoms with Crippen LogP contribution in [0.3, 0.4) is 0 Å². The third kappa shape index (κ3) is 3.60. The summed E-state index contributed by atoms with van der Waals surface area (Å²) in [6.07, 6.45) is 0. The van der Waals surface area contributed by atoms with Crippen LogP contribution in [0, 0.1) is 11.3 Å². The van der Waals surface area contributed by atoms with E-state index in [4.69, 9.17) is 10.4 Å². The minimum Gasteiger partial charge on any atom is -0.377 e. The zero-order valence-electron chi connectivity index (χ0n) is 11.4. The molecular formula is C15H15N3O2S. The van der Waals surface area contributed by atoms with Crippen LogP contribution in [0.25, 0.3) is 0 Å². The Morgan fingerprint density at radius 2 is 1.90 bits per heavy atom. The first kappa shape index (κ1) is 15.0. The Balaban J connectivity index is 2.29. The average Bonchev–Trinajstić information content (AvgIpc) is 2.47. The molecule has 1 unspecified atom stereocenters. The van der Waals surface area contributed by atoms with Crippen LogP contribution in [0.1, 0.15) is 24.1 Å². The number of nitrogens with one attached hydrogen (secondary N) is 1. The SMILES string of the molecule is CC(Nc1ccccc1C#N)c1cccc(S(N)(=O)=O)c1. The predicted octanol–water partition coefficient (Wildman–Crippen LogP) is 2.38. The summed E-state index contributed by atoms with van der Waals surface area (Å²) >= 11 is 0. The molecular weight excluding hydrogens is 286 g/mol. The maximum absolute atomic E-state index is 11.4. The lowest BCUT2D eigenvalue weighted by molar-refractivity contribution is 0.597. The van der Waals surface area contributed by atoms with Crippen LogP contribution in [0.5, 0.6) is 0 Å². The number of benzene rings is 2. The second kappa shape index (κ2) is 5.95. The van der Waals surface area contributed by atoms with Gasteiger partial charge in [0.2, 0.25) is 10.0 Å². The topological polar surface area (TPSA) is 96.0 Å². The smallest absolute Gasteiger partial charge is 0.238 e. The Morgan fingerprint density at radius 3 is 2.57 bits per heavy atom. The first-order valence-corrected chi connectivity index (χ1v) is 7.85. The fraction of sp³-hybridized carbons (Fsp3) is 0.133. The molecule has 0 aliphatic heterocycles. The number of nitrogens with zero attached hydrogens (tertiary/aromatic N) is 1.